The third-order valence-corrected chi connectivity index (χ3v) is 4.69. The Kier molecular flexibility index (Phi) is 2.77. The highest BCUT2D eigenvalue weighted by Gasteiger charge is 2.22. The molecule has 116 valence electrons. The van der Waals surface area contributed by atoms with Crippen LogP contribution in [0.25, 0.3) is 16.5 Å². The lowest BCUT2D eigenvalue weighted by Gasteiger charge is -2.13. The number of nitrogens with zero attached hydrogens (tertiary/aromatic N) is 2. The number of aliphatic imine (C=N–C) groups is 1. The van der Waals surface area contributed by atoms with E-state index in [0.717, 1.165) is 27.9 Å². The normalized spacial score (nSPS) is 13.3. The van der Waals surface area contributed by atoms with Gasteiger partial charge in [-0.3, -0.25) is 4.99 Å². The first-order chi connectivity index (χ1) is 11.8. The maximum Gasteiger partial charge on any atom is 0.161 e. The van der Waals surface area contributed by atoms with Gasteiger partial charge < -0.3 is 8.98 Å². The number of rotatable bonds is 1. The van der Waals surface area contributed by atoms with Crippen LogP contribution in [0.1, 0.15) is 22.6 Å². The van der Waals surface area contributed by atoms with Crippen LogP contribution in [0.5, 0.6) is 0 Å². The molecule has 4 aromatic rings. The minimum absolute atomic E-state index is 0.656. The summed E-state index contributed by atoms with van der Waals surface area (Å²) in [6, 6.07) is 18.8. The molecule has 0 saturated carbocycles. The van der Waals surface area contributed by atoms with Gasteiger partial charge in [0.25, 0.3) is 0 Å². The van der Waals surface area contributed by atoms with Gasteiger partial charge in [0.15, 0.2) is 5.76 Å². The predicted octanol–water partition coefficient (Wildman–Crippen LogP) is 4.88. The van der Waals surface area contributed by atoms with Crippen LogP contribution in [0, 0.1) is 6.92 Å². The van der Waals surface area contributed by atoms with E-state index in [9.17, 15) is 0 Å². The molecule has 5 rings (SSSR count). The van der Waals surface area contributed by atoms with E-state index in [0.29, 0.717) is 6.54 Å². The number of aromatic nitrogens is 1. The Balaban J connectivity index is 1.79. The summed E-state index contributed by atoms with van der Waals surface area (Å²) in [7, 11) is 0. The summed E-state index contributed by atoms with van der Waals surface area (Å²) < 4.78 is 8.15. The molecule has 3 nitrogen and oxygen atoms in total. The van der Waals surface area contributed by atoms with Gasteiger partial charge in [-0.2, -0.15) is 0 Å². The molecule has 3 heterocycles. The third kappa shape index (κ3) is 1.81. The third-order valence-electron chi connectivity index (χ3n) is 4.69. The highest BCUT2D eigenvalue weighted by Crippen LogP contribution is 2.30. The summed E-state index contributed by atoms with van der Waals surface area (Å²) in [6.07, 6.45) is 3.91. The molecule has 1 aliphatic rings. The van der Waals surface area contributed by atoms with Crippen LogP contribution >= 0.6 is 0 Å². The van der Waals surface area contributed by atoms with Gasteiger partial charge in [0.1, 0.15) is 5.71 Å². The second-order valence-corrected chi connectivity index (χ2v) is 6.16. The van der Waals surface area contributed by atoms with E-state index in [1.807, 2.05) is 18.4 Å². The monoisotopic (exact) mass is 312 g/mol. The van der Waals surface area contributed by atoms with E-state index in [1.165, 1.54) is 16.8 Å². The molecule has 1 aliphatic heterocycles. The minimum Gasteiger partial charge on any atom is -0.461 e. The summed E-state index contributed by atoms with van der Waals surface area (Å²) in [6.45, 7) is 2.80. The Labute approximate surface area is 139 Å². The van der Waals surface area contributed by atoms with Crippen molar-refractivity contribution < 1.29 is 4.42 Å². The lowest BCUT2D eigenvalue weighted by atomic mass is 10.1. The number of hydrogen-bond acceptors (Lipinski definition) is 2. The van der Waals surface area contributed by atoms with Gasteiger partial charge in [-0.1, -0.05) is 42.5 Å². The first-order valence-corrected chi connectivity index (χ1v) is 8.10. The van der Waals surface area contributed by atoms with E-state index in [2.05, 4.69) is 60.2 Å². The number of fused-ring (bicyclic) bond motifs is 4. The van der Waals surface area contributed by atoms with Crippen LogP contribution in [0.15, 0.2) is 76.5 Å². The van der Waals surface area contributed by atoms with Gasteiger partial charge in [0.05, 0.1) is 24.2 Å². The van der Waals surface area contributed by atoms with Crippen molar-refractivity contribution in [2.24, 2.45) is 4.99 Å². The number of hydrogen-bond donors (Lipinski definition) is 0. The molecule has 0 aliphatic carbocycles. The zero-order valence-electron chi connectivity index (χ0n) is 13.4. The smallest absolute Gasteiger partial charge is 0.161 e. The maximum absolute atomic E-state index is 5.92. The fraction of sp³-hybridized carbons (Fsp3) is 0.0952. The summed E-state index contributed by atoms with van der Waals surface area (Å²) in [5, 5.41) is 2.21. The minimum atomic E-state index is 0.656. The van der Waals surface area contributed by atoms with Crippen molar-refractivity contribution in [3.8, 4) is 5.69 Å². The molecule has 0 fully saturated rings. The van der Waals surface area contributed by atoms with E-state index in [1.54, 1.807) is 0 Å². The molecule has 0 bridgehead atoms. The zero-order valence-corrected chi connectivity index (χ0v) is 13.4. The lowest BCUT2D eigenvalue weighted by Crippen LogP contribution is -2.08. The Morgan fingerprint density at radius 2 is 1.92 bits per heavy atom. The summed E-state index contributed by atoms with van der Waals surface area (Å²) in [4.78, 5) is 4.91. The molecule has 2 aromatic carbocycles. The second-order valence-electron chi connectivity index (χ2n) is 6.16. The lowest BCUT2D eigenvalue weighted by molar-refractivity contribution is 0.562. The second kappa shape index (κ2) is 4.96. The predicted molar refractivity (Wildman–Crippen MR) is 96.1 cm³/mol. The van der Waals surface area contributed by atoms with Gasteiger partial charge >= 0.3 is 0 Å². The summed E-state index contributed by atoms with van der Waals surface area (Å²) in [5.41, 5.74) is 5.70. The van der Waals surface area contributed by atoms with Gasteiger partial charge in [-0.15, -0.1) is 0 Å². The molecule has 0 unspecified atom stereocenters. The van der Waals surface area contributed by atoms with Crippen LogP contribution < -0.4 is 0 Å². The van der Waals surface area contributed by atoms with Crippen LogP contribution in [-0.4, -0.2) is 10.3 Å². The number of aryl methyl sites for hydroxylation is 1. The van der Waals surface area contributed by atoms with E-state index in [4.69, 9.17) is 9.41 Å². The standard InChI is InChI=1S/C21H16N2O/c1-14-6-4-8-15-12-22-19(18-10-5-11-23(18)20(14)15)21-17-9-3-2-7-16(17)13-24-21/h2-11,13H,12H2,1H3. The molecule has 0 N–H and O–H groups in total. The molecule has 2 aromatic heterocycles. The van der Waals surface area contributed by atoms with Crippen LogP contribution in [0.3, 0.4) is 0 Å². The molecule has 0 spiro atoms. The Morgan fingerprint density at radius 3 is 2.88 bits per heavy atom. The zero-order chi connectivity index (χ0) is 16.1. The number of benzene rings is 2. The van der Waals surface area contributed by atoms with Crippen molar-refractivity contribution in [3.63, 3.8) is 0 Å². The highest BCUT2D eigenvalue weighted by molar-refractivity contribution is 6.17. The van der Waals surface area contributed by atoms with Gasteiger partial charge in [0.2, 0.25) is 0 Å². The Bertz CT molecular complexity index is 1100. The maximum atomic E-state index is 5.92. The van der Waals surface area contributed by atoms with Crippen LogP contribution in [0.2, 0.25) is 0 Å². The Morgan fingerprint density at radius 1 is 1.00 bits per heavy atom. The Hall–Kier alpha value is -3.07. The van der Waals surface area contributed by atoms with E-state index in [-0.39, 0.29) is 0 Å². The van der Waals surface area contributed by atoms with Gasteiger partial charge in [-0.25, -0.2) is 0 Å². The molecule has 0 amide bonds. The fourth-order valence-electron chi connectivity index (χ4n) is 3.57. The van der Waals surface area contributed by atoms with Crippen LogP contribution in [0.4, 0.5) is 0 Å². The highest BCUT2D eigenvalue weighted by atomic mass is 16.3. The molecule has 0 radical (unpaired) electrons. The summed E-state index contributed by atoms with van der Waals surface area (Å²) in [5.74, 6) is 0.844. The number of furan rings is 1. The first kappa shape index (κ1) is 13.4. The number of para-hydroxylation sites is 1. The first-order valence-electron chi connectivity index (χ1n) is 8.10. The summed E-state index contributed by atoms with van der Waals surface area (Å²) >= 11 is 0. The van der Waals surface area contributed by atoms with Crippen molar-refractivity contribution in [2.75, 3.05) is 0 Å². The molecule has 0 atom stereocenters. The largest absolute Gasteiger partial charge is 0.461 e. The van der Waals surface area contributed by atoms with Crippen molar-refractivity contribution >= 4 is 16.5 Å². The quantitative estimate of drug-likeness (QED) is 0.492. The van der Waals surface area contributed by atoms with Gasteiger partial charge in [-0.05, 0) is 30.2 Å². The molecule has 3 heteroatoms. The molecular weight excluding hydrogens is 296 g/mol. The van der Waals surface area contributed by atoms with E-state index >= 15 is 0 Å². The average Bonchev–Trinajstić information content (AvgIpc) is 3.20. The SMILES string of the molecule is Cc1cccc2c1-n1cccc1C(c1occ3ccccc13)=NC2. The molecular formula is C21H16N2O. The van der Waals surface area contributed by atoms with E-state index < -0.39 is 0 Å². The van der Waals surface area contributed by atoms with Crippen molar-refractivity contribution in [3.05, 3.63) is 89.6 Å². The molecule has 0 saturated heterocycles. The van der Waals surface area contributed by atoms with Crippen molar-refractivity contribution in [1.82, 2.24) is 4.57 Å². The van der Waals surface area contributed by atoms with Crippen molar-refractivity contribution in [1.29, 1.82) is 0 Å². The van der Waals surface area contributed by atoms with Crippen molar-refractivity contribution in [2.45, 2.75) is 13.5 Å². The topological polar surface area (TPSA) is 30.4 Å². The molecule has 24 heavy (non-hydrogen) atoms. The van der Waals surface area contributed by atoms with Gasteiger partial charge in [0, 0.05) is 17.0 Å². The fourth-order valence-corrected chi connectivity index (χ4v) is 3.57. The van der Waals surface area contributed by atoms with Crippen LogP contribution in [-0.2, 0) is 6.54 Å². The average molecular weight is 312 g/mol.